The number of nitrogens with zero attached hydrogens (tertiary/aromatic N) is 2. The molecule has 4 nitrogen and oxygen atoms in total. The molecule has 0 saturated heterocycles. The van der Waals surface area contributed by atoms with Gasteiger partial charge in [0.25, 0.3) is 5.91 Å². The average molecular weight is 332 g/mol. The van der Waals surface area contributed by atoms with E-state index in [0.29, 0.717) is 24.5 Å². The molecule has 0 aliphatic heterocycles. The van der Waals surface area contributed by atoms with E-state index in [1.165, 1.54) is 0 Å². The van der Waals surface area contributed by atoms with Crippen LogP contribution in [0.3, 0.4) is 0 Å². The molecule has 3 rings (SSSR count). The number of hydrogen-bond acceptors (Lipinski definition) is 3. The van der Waals surface area contributed by atoms with Gasteiger partial charge >= 0.3 is 0 Å². The number of aromatic nitrogens is 1. The summed E-state index contributed by atoms with van der Waals surface area (Å²) in [6, 6.07) is 22.7. The monoisotopic (exact) mass is 332 g/mol. The summed E-state index contributed by atoms with van der Waals surface area (Å²) in [4.78, 5) is 19.1. The first kappa shape index (κ1) is 16.7. The first-order valence-corrected chi connectivity index (χ1v) is 8.27. The molecule has 0 radical (unpaired) electrons. The van der Waals surface area contributed by atoms with E-state index in [-0.39, 0.29) is 5.91 Å². The number of ether oxygens (including phenoxy) is 1. The Labute approximate surface area is 147 Å². The average Bonchev–Trinajstić information content (AvgIpc) is 2.68. The first-order chi connectivity index (χ1) is 12.3. The Morgan fingerprint density at radius 1 is 0.960 bits per heavy atom. The highest BCUT2D eigenvalue weighted by Crippen LogP contribution is 2.19. The quantitative estimate of drug-likeness (QED) is 0.675. The molecule has 1 heterocycles. The molecule has 25 heavy (non-hydrogen) atoms. The molecule has 0 N–H and O–H groups in total. The van der Waals surface area contributed by atoms with Crippen LogP contribution in [0.15, 0.2) is 79.0 Å². The van der Waals surface area contributed by atoms with E-state index in [1.54, 1.807) is 23.2 Å². The largest absolute Gasteiger partial charge is 0.494 e. The molecule has 1 amide bonds. The summed E-state index contributed by atoms with van der Waals surface area (Å²) in [6.07, 6.45) is 1.69. The highest BCUT2D eigenvalue weighted by molar-refractivity contribution is 6.05. The Morgan fingerprint density at radius 3 is 2.32 bits per heavy atom. The SMILES string of the molecule is CCOc1ccc(C(=O)N(Cc2ccccc2)c2ccccn2)cc1. The normalized spacial score (nSPS) is 10.3. The molecule has 126 valence electrons. The van der Waals surface area contributed by atoms with Crippen molar-refractivity contribution in [3.8, 4) is 5.75 Å². The number of benzene rings is 2. The van der Waals surface area contributed by atoms with Crippen molar-refractivity contribution < 1.29 is 9.53 Å². The van der Waals surface area contributed by atoms with Crippen molar-refractivity contribution in [2.24, 2.45) is 0 Å². The lowest BCUT2D eigenvalue weighted by Gasteiger charge is -2.22. The summed E-state index contributed by atoms with van der Waals surface area (Å²) in [7, 11) is 0. The smallest absolute Gasteiger partial charge is 0.259 e. The predicted octanol–water partition coefficient (Wildman–Crippen LogP) is 4.33. The summed E-state index contributed by atoms with van der Waals surface area (Å²) < 4.78 is 5.44. The number of rotatable bonds is 6. The van der Waals surface area contributed by atoms with Crippen LogP contribution in [0.4, 0.5) is 5.82 Å². The number of carbonyl (C=O) groups excluding carboxylic acids is 1. The van der Waals surface area contributed by atoms with Crippen LogP contribution in [0.25, 0.3) is 0 Å². The van der Waals surface area contributed by atoms with Gasteiger partial charge in [-0.1, -0.05) is 36.4 Å². The lowest BCUT2D eigenvalue weighted by atomic mass is 10.1. The Morgan fingerprint density at radius 2 is 1.68 bits per heavy atom. The number of pyridine rings is 1. The molecule has 0 atom stereocenters. The summed E-state index contributed by atoms with van der Waals surface area (Å²) in [6.45, 7) is 2.99. The summed E-state index contributed by atoms with van der Waals surface area (Å²) >= 11 is 0. The van der Waals surface area contributed by atoms with Crippen LogP contribution < -0.4 is 9.64 Å². The molecular weight excluding hydrogens is 312 g/mol. The number of anilines is 1. The second kappa shape index (κ2) is 8.11. The Hall–Kier alpha value is -3.14. The summed E-state index contributed by atoms with van der Waals surface area (Å²) in [5.41, 5.74) is 1.65. The van der Waals surface area contributed by atoms with Gasteiger partial charge < -0.3 is 4.74 Å². The van der Waals surface area contributed by atoms with Gasteiger partial charge in [0.2, 0.25) is 0 Å². The number of carbonyl (C=O) groups is 1. The standard InChI is InChI=1S/C21H20N2O2/c1-2-25-19-13-11-18(12-14-19)21(24)23(20-10-6-7-15-22-20)16-17-8-4-3-5-9-17/h3-15H,2,16H2,1H3. The molecule has 0 unspecified atom stereocenters. The first-order valence-electron chi connectivity index (χ1n) is 8.27. The van der Waals surface area contributed by atoms with Gasteiger partial charge in [-0.15, -0.1) is 0 Å². The fraction of sp³-hybridized carbons (Fsp3) is 0.143. The minimum atomic E-state index is -0.0920. The lowest BCUT2D eigenvalue weighted by Crippen LogP contribution is -2.31. The minimum Gasteiger partial charge on any atom is -0.494 e. The molecular formula is C21H20N2O2. The van der Waals surface area contributed by atoms with Gasteiger partial charge in [-0.2, -0.15) is 0 Å². The van der Waals surface area contributed by atoms with Crippen LogP contribution in [0.5, 0.6) is 5.75 Å². The summed E-state index contributed by atoms with van der Waals surface area (Å²) in [5.74, 6) is 1.29. The van der Waals surface area contributed by atoms with Gasteiger partial charge in [-0.3, -0.25) is 9.69 Å². The van der Waals surface area contributed by atoms with Crippen LogP contribution in [0.2, 0.25) is 0 Å². The molecule has 0 bridgehead atoms. The maximum absolute atomic E-state index is 13.1. The third kappa shape index (κ3) is 4.23. The highest BCUT2D eigenvalue weighted by atomic mass is 16.5. The van der Waals surface area contributed by atoms with Gasteiger partial charge in [-0.25, -0.2) is 4.98 Å². The molecule has 0 spiro atoms. The lowest BCUT2D eigenvalue weighted by molar-refractivity contribution is 0.0984. The van der Waals surface area contributed by atoms with Gasteiger partial charge in [-0.05, 0) is 48.9 Å². The maximum Gasteiger partial charge on any atom is 0.259 e. The van der Waals surface area contributed by atoms with E-state index in [2.05, 4.69) is 4.98 Å². The molecule has 4 heteroatoms. The van der Waals surface area contributed by atoms with E-state index >= 15 is 0 Å². The second-order valence-electron chi connectivity index (χ2n) is 5.52. The number of hydrogen-bond donors (Lipinski definition) is 0. The van der Waals surface area contributed by atoms with Gasteiger partial charge in [0.05, 0.1) is 13.2 Å². The molecule has 0 saturated carbocycles. The molecule has 1 aromatic heterocycles. The van der Waals surface area contributed by atoms with Gasteiger partial charge in [0.1, 0.15) is 11.6 Å². The van der Waals surface area contributed by atoms with E-state index in [9.17, 15) is 4.79 Å². The molecule has 0 aliphatic rings. The van der Waals surface area contributed by atoms with Crippen LogP contribution >= 0.6 is 0 Å². The van der Waals surface area contributed by atoms with E-state index in [1.807, 2.05) is 67.6 Å². The zero-order valence-electron chi connectivity index (χ0n) is 14.1. The third-order valence-corrected chi connectivity index (χ3v) is 3.77. The molecule has 0 aliphatic carbocycles. The van der Waals surface area contributed by atoms with Crippen molar-refractivity contribution in [1.29, 1.82) is 0 Å². The van der Waals surface area contributed by atoms with E-state index < -0.39 is 0 Å². The Kier molecular flexibility index (Phi) is 5.42. The van der Waals surface area contributed by atoms with Gasteiger partial charge in [0.15, 0.2) is 0 Å². The van der Waals surface area contributed by atoms with Crippen molar-refractivity contribution in [3.63, 3.8) is 0 Å². The minimum absolute atomic E-state index is 0.0920. The van der Waals surface area contributed by atoms with Crippen LogP contribution in [-0.2, 0) is 6.54 Å². The van der Waals surface area contributed by atoms with E-state index in [4.69, 9.17) is 4.74 Å². The molecule has 0 fully saturated rings. The zero-order valence-corrected chi connectivity index (χ0v) is 14.1. The van der Waals surface area contributed by atoms with Crippen molar-refractivity contribution in [1.82, 2.24) is 4.98 Å². The predicted molar refractivity (Wildman–Crippen MR) is 98.8 cm³/mol. The summed E-state index contributed by atoms with van der Waals surface area (Å²) in [5, 5.41) is 0. The molecule has 3 aromatic rings. The van der Waals surface area contributed by atoms with Crippen molar-refractivity contribution in [2.75, 3.05) is 11.5 Å². The van der Waals surface area contributed by atoms with Crippen LogP contribution in [0, 0.1) is 0 Å². The van der Waals surface area contributed by atoms with Gasteiger partial charge in [0, 0.05) is 11.8 Å². The third-order valence-electron chi connectivity index (χ3n) is 3.77. The molecule has 2 aromatic carbocycles. The van der Waals surface area contributed by atoms with Crippen LogP contribution in [-0.4, -0.2) is 17.5 Å². The fourth-order valence-electron chi connectivity index (χ4n) is 2.55. The Balaban J connectivity index is 1.89. The second-order valence-corrected chi connectivity index (χ2v) is 5.52. The van der Waals surface area contributed by atoms with E-state index in [0.717, 1.165) is 11.3 Å². The van der Waals surface area contributed by atoms with Crippen LogP contribution in [0.1, 0.15) is 22.8 Å². The topological polar surface area (TPSA) is 42.4 Å². The van der Waals surface area contributed by atoms with Crippen molar-refractivity contribution in [2.45, 2.75) is 13.5 Å². The number of amides is 1. The van der Waals surface area contributed by atoms with Crippen molar-refractivity contribution in [3.05, 3.63) is 90.1 Å². The Bertz CT molecular complexity index is 802. The maximum atomic E-state index is 13.1. The van der Waals surface area contributed by atoms with Crippen molar-refractivity contribution >= 4 is 11.7 Å². The fourth-order valence-corrected chi connectivity index (χ4v) is 2.55. The highest BCUT2D eigenvalue weighted by Gasteiger charge is 2.19. The zero-order chi connectivity index (χ0) is 17.5.